The molecule has 0 radical (unpaired) electrons. The Balaban J connectivity index is 3.08. The van der Waals surface area contributed by atoms with Gasteiger partial charge in [0.05, 0.1) is 5.56 Å². The second-order valence-electron chi connectivity index (χ2n) is 4.72. The number of rotatable bonds is 2. The Hall–Kier alpha value is -2.18. The van der Waals surface area contributed by atoms with Crippen molar-refractivity contribution in [2.45, 2.75) is 26.4 Å². The van der Waals surface area contributed by atoms with Crippen LogP contribution in [0.5, 0.6) is 5.75 Å². The first kappa shape index (κ1) is 14.9. The SMILES string of the molecule is CC(C)(C)OC(=O)Nc1c(O)cc(F)c(C=O)c1F. The van der Waals surface area contributed by atoms with E-state index in [0.29, 0.717) is 6.07 Å². The number of nitrogens with one attached hydrogen (secondary N) is 1. The van der Waals surface area contributed by atoms with Crippen molar-refractivity contribution in [1.82, 2.24) is 0 Å². The summed E-state index contributed by atoms with van der Waals surface area (Å²) < 4.78 is 31.7. The van der Waals surface area contributed by atoms with Crippen LogP contribution >= 0.6 is 0 Å². The molecule has 0 saturated heterocycles. The van der Waals surface area contributed by atoms with Crippen LogP contribution in [0.1, 0.15) is 31.1 Å². The molecule has 0 heterocycles. The highest BCUT2D eigenvalue weighted by atomic mass is 19.1. The van der Waals surface area contributed by atoms with Crippen molar-refractivity contribution < 1.29 is 28.2 Å². The van der Waals surface area contributed by atoms with Gasteiger partial charge in [0, 0.05) is 6.07 Å². The second kappa shape index (κ2) is 5.21. The van der Waals surface area contributed by atoms with Gasteiger partial charge in [-0.1, -0.05) is 0 Å². The largest absolute Gasteiger partial charge is 0.506 e. The maximum atomic E-state index is 13.7. The van der Waals surface area contributed by atoms with Crippen molar-refractivity contribution >= 4 is 18.1 Å². The van der Waals surface area contributed by atoms with Crippen molar-refractivity contribution in [1.29, 1.82) is 0 Å². The number of phenols is 1. The lowest BCUT2D eigenvalue weighted by Gasteiger charge is -2.20. The Labute approximate surface area is 108 Å². The van der Waals surface area contributed by atoms with E-state index in [1.807, 2.05) is 5.32 Å². The summed E-state index contributed by atoms with van der Waals surface area (Å²) in [7, 11) is 0. The van der Waals surface area contributed by atoms with Crippen LogP contribution in [0.25, 0.3) is 0 Å². The molecule has 1 aromatic carbocycles. The van der Waals surface area contributed by atoms with Crippen LogP contribution in [-0.4, -0.2) is 23.1 Å². The number of aldehydes is 1. The molecule has 0 saturated carbocycles. The lowest BCUT2D eigenvalue weighted by Crippen LogP contribution is -2.27. The van der Waals surface area contributed by atoms with Crippen molar-refractivity contribution in [3.8, 4) is 5.75 Å². The van der Waals surface area contributed by atoms with E-state index in [0.717, 1.165) is 0 Å². The highest BCUT2D eigenvalue weighted by Gasteiger charge is 2.22. The molecule has 5 nitrogen and oxygen atoms in total. The van der Waals surface area contributed by atoms with E-state index in [4.69, 9.17) is 4.74 Å². The van der Waals surface area contributed by atoms with Crippen LogP contribution in [0.4, 0.5) is 19.3 Å². The standard InChI is InChI=1S/C12H13F2NO4/c1-12(2,3)19-11(18)15-10-8(17)4-7(13)6(5-16)9(10)14/h4-5,17H,1-3H3,(H,15,18). The van der Waals surface area contributed by atoms with Crippen LogP contribution in [-0.2, 0) is 4.74 Å². The highest BCUT2D eigenvalue weighted by molar-refractivity contribution is 5.89. The molecule has 0 atom stereocenters. The van der Waals surface area contributed by atoms with Gasteiger partial charge in [-0.3, -0.25) is 10.1 Å². The number of anilines is 1. The predicted molar refractivity (Wildman–Crippen MR) is 63.3 cm³/mol. The van der Waals surface area contributed by atoms with Gasteiger partial charge in [-0.25, -0.2) is 13.6 Å². The third-order valence-corrected chi connectivity index (χ3v) is 1.98. The van der Waals surface area contributed by atoms with Crippen LogP contribution in [0.2, 0.25) is 0 Å². The van der Waals surface area contributed by atoms with Gasteiger partial charge in [-0.15, -0.1) is 0 Å². The van der Waals surface area contributed by atoms with Crippen LogP contribution < -0.4 is 5.32 Å². The third kappa shape index (κ3) is 3.64. The Bertz CT molecular complexity index is 523. The molecule has 0 aliphatic heterocycles. The zero-order valence-electron chi connectivity index (χ0n) is 10.6. The van der Waals surface area contributed by atoms with Crippen LogP contribution in [0.15, 0.2) is 6.07 Å². The van der Waals surface area contributed by atoms with E-state index in [1.165, 1.54) is 0 Å². The Morgan fingerprint density at radius 3 is 2.47 bits per heavy atom. The molecular weight excluding hydrogens is 260 g/mol. The van der Waals surface area contributed by atoms with Crippen molar-refractivity contribution in [2.75, 3.05) is 5.32 Å². The fourth-order valence-corrected chi connectivity index (χ4v) is 1.25. The molecule has 104 valence electrons. The summed E-state index contributed by atoms with van der Waals surface area (Å²) in [5, 5.41) is 11.3. The first-order valence-electron chi connectivity index (χ1n) is 5.32. The third-order valence-electron chi connectivity index (χ3n) is 1.98. The van der Waals surface area contributed by atoms with E-state index < -0.39 is 40.3 Å². The maximum Gasteiger partial charge on any atom is 0.412 e. The van der Waals surface area contributed by atoms with Gasteiger partial charge in [0.2, 0.25) is 0 Å². The molecule has 0 unspecified atom stereocenters. The average molecular weight is 273 g/mol. The minimum absolute atomic E-state index is 0.0512. The predicted octanol–water partition coefficient (Wildman–Crippen LogP) is 2.83. The van der Waals surface area contributed by atoms with E-state index in [2.05, 4.69) is 0 Å². The average Bonchev–Trinajstić information content (AvgIpc) is 2.22. The number of amides is 1. The van der Waals surface area contributed by atoms with Gasteiger partial charge < -0.3 is 9.84 Å². The van der Waals surface area contributed by atoms with Crippen molar-refractivity contribution in [2.24, 2.45) is 0 Å². The number of aromatic hydroxyl groups is 1. The number of phenolic OH excluding ortho intramolecular Hbond substituents is 1. The molecule has 0 fully saturated rings. The minimum atomic E-state index is -1.36. The van der Waals surface area contributed by atoms with E-state index in [-0.39, 0.29) is 6.29 Å². The van der Waals surface area contributed by atoms with Crippen molar-refractivity contribution in [3.05, 3.63) is 23.3 Å². The quantitative estimate of drug-likeness (QED) is 0.641. The summed E-state index contributed by atoms with van der Waals surface area (Å²) in [6.07, 6.45) is -1.09. The summed E-state index contributed by atoms with van der Waals surface area (Å²) in [6.45, 7) is 4.76. The Morgan fingerprint density at radius 1 is 1.42 bits per heavy atom. The number of hydrogen-bond donors (Lipinski definition) is 2. The summed E-state index contributed by atoms with van der Waals surface area (Å²) in [5.41, 5.74) is -2.43. The normalized spacial score (nSPS) is 11.0. The van der Waals surface area contributed by atoms with Gasteiger partial charge in [-0.05, 0) is 20.8 Å². The Kier molecular flexibility index (Phi) is 4.08. The maximum absolute atomic E-state index is 13.7. The van der Waals surface area contributed by atoms with E-state index >= 15 is 0 Å². The monoisotopic (exact) mass is 273 g/mol. The van der Waals surface area contributed by atoms with Crippen LogP contribution in [0, 0.1) is 11.6 Å². The molecule has 1 amide bonds. The topological polar surface area (TPSA) is 75.6 Å². The lowest BCUT2D eigenvalue weighted by molar-refractivity contribution is 0.0634. The summed E-state index contributed by atoms with van der Waals surface area (Å²) in [5.74, 6) is -3.43. The lowest BCUT2D eigenvalue weighted by atomic mass is 10.1. The molecule has 2 N–H and O–H groups in total. The van der Waals surface area contributed by atoms with Gasteiger partial charge >= 0.3 is 6.09 Å². The second-order valence-corrected chi connectivity index (χ2v) is 4.72. The van der Waals surface area contributed by atoms with Gasteiger partial charge in [0.15, 0.2) is 12.1 Å². The molecule has 1 aromatic rings. The zero-order chi connectivity index (χ0) is 14.8. The van der Waals surface area contributed by atoms with E-state index in [1.54, 1.807) is 20.8 Å². The number of benzene rings is 1. The summed E-state index contributed by atoms with van der Waals surface area (Å²) >= 11 is 0. The molecule has 0 spiro atoms. The molecule has 0 aromatic heterocycles. The molecule has 19 heavy (non-hydrogen) atoms. The number of hydrogen-bond acceptors (Lipinski definition) is 4. The Morgan fingerprint density at radius 2 is 2.00 bits per heavy atom. The molecular formula is C12H13F2NO4. The van der Waals surface area contributed by atoms with Gasteiger partial charge in [0.25, 0.3) is 0 Å². The smallest absolute Gasteiger partial charge is 0.412 e. The number of carbonyl (C=O) groups is 2. The van der Waals surface area contributed by atoms with Crippen molar-refractivity contribution in [3.63, 3.8) is 0 Å². The number of carbonyl (C=O) groups excluding carboxylic acids is 2. The van der Waals surface area contributed by atoms with E-state index in [9.17, 15) is 23.5 Å². The van der Waals surface area contributed by atoms with Crippen LogP contribution in [0.3, 0.4) is 0 Å². The zero-order valence-corrected chi connectivity index (χ0v) is 10.6. The minimum Gasteiger partial charge on any atom is -0.506 e. The molecule has 7 heteroatoms. The first-order chi connectivity index (χ1) is 8.65. The molecule has 0 bridgehead atoms. The fourth-order valence-electron chi connectivity index (χ4n) is 1.25. The molecule has 1 rings (SSSR count). The molecule has 0 aliphatic carbocycles. The number of halogens is 2. The molecule has 0 aliphatic rings. The first-order valence-corrected chi connectivity index (χ1v) is 5.32. The highest BCUT2D eigenvalue weighted by Crippen LogP contribution is 2.30. The van der Waals surface area contributed by atoms with Gasteiger partial charge in [-0.2, -0.15) is 0 Å². The number of ether oxygens (including phenoxy) is 1. The fraction of sp³-hybridized carbons (Fsp3) is 0.333. The summed E-state index contributed by atoms with van der Waals surface area (Å²) in [6, 6.07) is 0.527. The summed E-state index contributed by atoms with van der Waals surface area (Å²) in [4.78, 5) is 21.9. The van der Waals surface area contributed by atoms with Gasteiger partial charge in [0.1, 0.15) is 22.9 Å².